The van der Waals surface area contributed by atoms with E-state index in [1.165, 1.54) is 12.1 Å². The first-order valence-corrected chi connectivity index (χ1v) is 10.9. The molecule has 0 amide bonds. The minimum atomic E-state index is -2.96. The van der Waals surface area contributed by atoms with Gasteiger partial charge in [0.05, 0.1) is 29.0 Å². The zero-order valence-corrected chi connectivity index (χ0v) is 18.2. The Hall–Kier alpha value is -3.75. The van der Waals surface area contributed by atoms with Crippen LogP contribution in [-0.2, 0) is 17.1 Å². The van der Waals surface area contributed by atoms with Gasteiger partial charge in [0.15, 0.2) is 0 Å². The van der Waals surface area contributed by atoms with Crippen LogP contribution >= 0.6 is 0 Å². The molecule has 0 saturated heterocycles. The van der Waals surface area contributed by atoms with Gasteiger partial charge in [-0.3, -0.25) is 0 Å². The molecule has 0 radical (unpaired) electrons. The van der Waals surface area contributed by atoms with Gasteiger partial charge in [-0.15, -0.1) is 5.10 Å². The molecule has 0 fully saturated rings. The predicted molar refractivity (Wildman–Crippen MR) is 119 cm³/mol. The average molecular weight is 448 g/mol. The molecule has 1 aromatic heterocycles. The number of alkyl halides is 2. The summed E-state index contributed by atoms with van der Waals surface area (Å²) in [6, 6.07) is 14.7. The monoisotopic (exact) mass is 448 g/mol. The molecule has 0 spiro atoms. The van der Waals surface area contributed by atoms with Crippen molar-refractivity contribution in [3.63, 3.8) is 0 Å². The van der Waals surface area contributed by atoms with Gasteiger partial charge >= 0.3 is 0 Å². The first-order chi connectivity index (χ1) is 15.9. The quantitative estimate of drug-likeness (QED) is 0.654. The molecule has 7 nitrogen and oxygen atoms in total. The minimum absolute atomic E-state index is 0.0654. The number of hydrogen-bond donors (Lipinski definition) is 1. The van der Waals surface area contributed by atoms with Gasteiger partial charge in [0.2, 0.25) is 5.90 Å². The number of aromatic nitrogens is 3. The molecule has 168 valence electrons. The Morgan fingerprint density at radius 2 is 1.94 bits per heavy atom. The van der Waals surface area contributed by atoms with Crippen molar-refractivity contribution in [2.75, 3.05) is 11.5 Å². The Kier molecular flexibility index (Phi) is 4.30. The van der Waals surface area contributed by atoms with Crippen LogP contribution in [0.2, 0.25) is 0 Å². The molecule has 33 heavy (non-hydrogen) atoms. The fraction of sp³-hybridized carbons (Fsp3) is 0.292. The molecule has 3 aliphatic rings. The van der Waals surface area contributed by atoms with E-state index >= 15 is 0 Å². The average Bonchev–Trinajstić information content (AvgIpc) is 3.51. The molecule has 3 aliphatic heterocycles. The molecular weight excluding hydrogens is 426 g/mol. The van der Waals surface area contributed by atoms with E-state index in [1.807, 2.05) is 37.3 Å². The number of rotatable bonds is 3. The third kappa shape index (κ3) is 3.18. The Morgan fingerprint density at radius 3 is 2.73 bits per heavy atom. The molecule has 1 unspecified atom stereocenters. The van der Waals surface area contributed by atoms with E-state index in [0.717, 1.165) is 35.3 Å². The van der Waals surface area contributed by atoms with Gasteiger partial charge in [0, 0.05) is 18.9 Å². The fourth-order valence-corrected chi connectivity index (χ4v) is 4.70. The summed E-state index contributed by atoms with van der Waals surface area (Å²) in [6.45, 7) is 3.39. The summed E-state index contributed by atoms with van der Waals surface area (Å²) in [4.78, 5) is 6.96. The van der Waals surface area contributed by atoms with Crippen LogP contribution in [-0.4, -0.2) is 33.7 Å². The third-order valence-corrected chi connectivity index (χ3v) is 6.31. The van der Waals surface area contributed by atoms with E-state index in [4.69, 9.17) is 9.73 Å². The summed E-state index contributed by atoms with van der Waals surface area (Å²) in [7, 11) is 0. The van der Waals surface area contributed by atoms with Gasteiger partial charge in [-0.05, 0) is 24.6 Å². The topological polar surface area (TPSA) is 67.6 Å². The molecule has 3 aromatic rings. The molecule has 0 bridgehead atoms. The number of allylic oxidation sites excluding steroid dienone is 1. The zero-order chi connectivity index (χ0) is 22.7. The zero-order valence-electron chi connectivity index (χ0n) is 18.2. The molecule has 4 heterocycles. The van der Waals surface area contributed by atoms with Crippen LogP contribution in [0.1, 0.15) is 36.7 Å². The number of hydrogen-bond acceptors (Lipinski definition) is 6. The van der Waals surface area contributed by atoms with Gasteiger partial charge in [-0.2, -0.15) is 0 Å². The van der Waals surface area contributed by atoms with Crippen LogP contribution in [0, 0.1) is 0 Å². The Labute approximate surface area is 189 Å². The highest BCUT2D eigenvalue weighted by Crippen LogP contribution is 2.41. The van der Waals surface area contributed by atoms with E-state index < -0.39 is 5.92 Å². The number of ether oxygens (including phenoxy) is 1. The molecule has 0 aliphatic carbocycles. The van der Waals surface area contributed by atoms with Crippen LogP contribution in [0.4, 0.5) is 14.5 Å². The Balaban J connectivity index is 1.48. The number of anilines is 1. The van der Waals surface area contributed by atoms with Gasteiger partial charge in [-0.25, -0.2) is 18.5 Å². The maximum atomic E-state index is 14.1. The van der Waals surface area contributed by atoms with Crippen molar-refractivity contribution in [1.82, 2.24) is 20.3 Å². The molecule has 9 heteroatoms. The Bertz CT molecular complexity index is 1290. The van der Waals surface area contributed by atoms with E-state index in [1.54, 1.807) is 16.9 Å². The van der Waals surface area contributed by atoms with Crippen molar-refractivity contribution in [3.8, 4) is 5.69 Å². The largest absolute Gasteiger partial charge is 0.474 e. The lowest BCUT2D eigenvalue weighted by Crippen LogP contribution is -2.35. The van der Waals surface area contributed by atoms with Crippen molar-refractivity contribution >= 4 is 11.6 Å². The molecule has 1 N–H and O–H groups in total. The number of fused-ring (bicyclic) bond motifs is 5. The second-order valence-electron chi connectivity index (χ2n) is 8.59. The van der Waals surface area contributed by atoms with Crippen molar-refractivity contribution in [1.29, 1.82) is 0 Å². The first kappa shape index (κ1) is 19.9. The summed E-state index contributed by atoms with van der Waals surface area (Å²) < 4.78 is 35.9. The normalized spacial score (nSPS) is 21.6. The number of nitrogens with one attached hydrogen (secondary N) is 1. The van der Waals surface area contributed by atoms with Gasteiger partial charge in [0.25, 0.3) is 5.92 Å². The summed E-state index contributed by atoms with van der Waals surface area (Å²) >= 11 is 0. The van der Waals surface area contributed by atoms with Crippen LogP contribution in [0.15, 0.2) is 71.1 Å². The summed E-state index contributed by atoms with van der Waals surface area (Å²) in [5, 5.41) is 11.7. The van der Waals surface area contributed by atoms with Crippen molar-refractivity contribution in [2.45, 2.75) is 38.4 Å². The van der Waals surface area contributed by atoms with Gasteiger partial charge in [0.1, 0.15) is 24.5 Å². The minimum Gasteiger partial charge on any atom is -0.474 e. The molecule has 2 atom stereocenters. The maximum absolute atomic E-state index is 14.1. The predicted octanol–water partition coefficient (Wildman–Crippen LogP) is 4.07. The highest BCUT2D eigenvalue weighted by Gasteiger charge is 2.39. The standard InChI is InChI=1S/C24H22F2N6O/c1-14-28-22(23-29-18(13-33-23)15-6-4-3-5-7-15)21-11-17-12-27-30-32(17)20-10-16(24(2,25)26)8-9-19(20)31(14)21/h3-10,12,14,18,28H,11,13H2,1-2H3/t14?,18-/m0/s1. The maximum Gasteiger partial charge on any atom is 0.270 e. The highest BCUT2D eigenvalue weighted by molar-refractivity contribution is 5.97. The van der Waals surface area contributed by atoms with E-state index in [2.05, 4.69) is 20.5 Å². The third-order valence-electron chi connectivity index (χ3n) is 6.31. The molecular formula is C24H22F2N6O. The number of benzene rings is 2. The smallest absolute Gasteiger partial charge is 0.270 e. The second kappa shape index (κ2) is 7.13. The van der Waals surface area contributed by atoms with Crippen molar-refractivity contribution in [3.05, 3.63) is 82.9 Å². The Morgan fingerprint density at radius 1 is 1.12 bits per heavy atom. The summed E-state index contributed by atoms with van der Waals surface area (Å²) in [5.41, 5.74) is 4.95. The fourth-order valence-electron chi connectivity index (χ4n) is 4.70. The van der Waals surface area contributed by atoms with Gasteiger partial charge < -0.3 is 15.0 Å². The van der Waals surface area contributed by atoms with Crippen LogP contribution in [0.5, 0.6) is 0 Å². The lowest BCUT2D eigenvalue weighted by atomic mass is 10.1. The SMILES string of the molecule is CC1NC(C2=N[C@H](c3ccccc3)CO2)=C2Cc3cnnn3-c3cc(C(C)(F)F)ccc3N21. The molecule has 0 saturated carbocycles. The highest BCUT2D eigenvalue weighted by atomic mass is 19.3. The number of nitrogens with zero attached hydrogens (tertiary/aromatic N) is 5. The van der Waals surface area contributed by atoms with Gasteiger partial charge in [-0.1, -0.05) is 41.6 Å². The molecule has 6 rings (SSSR count). The van der Waals surface area contributed by atoms with Crippen molar-refractivity contribution in [2.24, 2.45) is 4.99 Å². The van der Waals surface area contributed by atoms with E-state index in [9.17, 15) is 8.78 Å². The second-order valence-corrected chi connectivity index (χ2v) is 8.59. The number of halogens is 2. The first-order valence-electron chi connectivity index (χ1n) is 10.9. The molecule has 2 aromatic carbocycles. The lowest BCUT2D eigenvalue weighted by molar-refractivity contribution is 0.0175. The summed E-state index contributed by atoms with van der Waals surface area (Å²) in [5.74, 6) is -2.40. The number of aliphatic imine (C=N–C) groups is 1. The van der Waals surface area contributed by atoms with E-state index in [0.29, 0.717) is 24.6 Å². The summed E-state index contributed by atoms with van der Waals surface area (Å²) in [6.07, 6.45) is 2.05. The van der Waals surface area contributed by atoms with Crippen LogP contribution in [0.25, 0.3) is 5.69 Å². The van der Waals surface area contributed by atoms with E-state index in [-0.39, 0.29) is 17.8 Å². The van der Waals surface area contributed by atoms with Crippen LogP contribution < -0.4 is 10.2 Å². The van der Waals surface area contributed by atoms with Crippen molar-refractivity contribution < 1.29 is 13.5 Å². The lowest BCUT2D eigenvalue weighted by Gasteiger charge is -2.27. The van der Waals surface area contributed by atoms with Crippen LogP contribution in [0.3, 0.4) is 0 Å².